The fourth-order valence-corrected chi connectivity index (χ4v) is 3.96. The summed E-state index contributed by atoms with van der Waals surface area (Å²) in [6, 6.07) is 5.02. The van der Waals surface area contributed by atoms with E-state index in [1.54, 1.807) is 0 Å². The van der Waals surface area contributed by atoms with Gasteiger partial charge in [-0.1, -0.05) is 0 Å². The van der Waals surface area contributed by atoms with E-state index >= 15 is 0 Å². The molecule has 19 heavy (non-hydrogen) atoms. The molecular formula is C15H23NO2S. The van der Waals surface area contributed by atoms with E-state index in [1.807, 2.05) is 11.3 Å². The highest BCUT2D eigenvalue weighted by atomic mass is 32.1. The van der Waals surface area contributed by atoms with Gasteiger partial charge in [0.05, 0.1) is 5.60 Å². The van der Waals surface area contributed by atoms with Crippen LogP contribution in [-0.4, -0.2) is 31.5 Å². The second-order valence-electron chi connectivity index (χ2n) is 5.73. The van der Waals surface area contributed by atoms with Gasteiger partial charge in [0.15, 0.2) is 0 Å². The van der Waals surface area contributed by atoms with E-state index in [0.717, 1.165) is 52.0 Å². The first-order valence-electron chi connectivity index (χ1n) is 7.26. The van der Waals surface area contributed by atoms with E-state index in [2.05, 4.69) is 24.4 Å². The van der Waals surface area contributed by atoms with Crippen molar-refractivity contribution in [2.24, 2.45) is 0 Å². The van der Waals surface area contributed by atoms with Gasteiger partial charge in [0.1, 0.15) is 0 Å². The van der Waals surface area contributed by atoms with Gasteiger partial charge >= 0.3 is 0 Å². The summed E-state index contributed by atoms with van der Waals surface area (Å²) in [5, 5.41) is 3.71. The van der Waals surface area contributed by atoms with Crippen LogP contribution in [0.3, 0.4) is 0 Å². The summed E-state index contributed by atoms with van der Waals surface area (Å²) in [4.78, 5) is 2.83. The number of hydrogen-bond donors (Lipinski definition) is 1. The maximum atomic E-state index is 6.08. The zero-order valence-corrected chi connectivity index (χ0v) is 12.4. The van der Waals surface area contributed by atoms with Crippen LogP contribution in [0, 0.1) is 6.92 Å². The normalized spacial score (nSPS) is 26.7. The molecule has 3 heterocycles. The predicted octanol–water partition coefficient (Wildman–Crippen LogP) is 2.87. The second kappa shape index (κ2) is 5.92. The first-order chi connectivity index (χ1) is 9.26. The largest absolute Gasteiger partial charge is 0.381 e. The summed E-state index contributed by atoms with van der Waals surface area (Å²) in [7, 11) is 0. The average molecular weight is 281 g/mol. The molecule has 1 aromatic rings. The molecule has 3 nitrogen and oxygen atoms in total. The van der Waals surface area contributed by atoms with Crippen LogP contribution in [0.15, 0.2) is 12.1 Å². The van der Waals surface area contributed by atoms with Crippen LogP contribution in [0.5, 0.6) is 0 Å². The number of ether oxygens (including phenoxy) is 2. The standard InChI is InChI=1S/C15H23NO2S/c1-12-2-3-14(19-12)11-16-13-4-7-18-15(10-13)5-8-17-9-6-15/h2-3,13,16H,4-11H2,1H3. The first kappa shape index (κ1) is 13.6. The molecule has 106 valence electrons. The molecule has 1 unspecified atom stereocenters. The minimum atomic E-state index is 0.0968. The number of nitrogens with one attached hydrogen (secondary N) is 1. The van der Waals surface area contributed by atoms with E-state index in [1.165, 1.54) is 9.75 Å². The van der Waals surface area contributed by atoms with Crippen molar-refractivity contribution in [1.29, 1.82) is 0 Å². The van der Waals surface area contributed by atoms with Crippen molar-refractivity contribution in [3.63, 3.8) is 0 Å². The molecule has 0 saturated carbocycles. The molecule has 1 aromatic heterocycles. The summed E-state index contributed by atoms with van der Waals surface area (Å²) in [6.45, 7) is 5.77. The van der Waals surface area contributed by atoms with Crippen LogP contribution in [0.2, 0.25) is 0 Å². The monoisotopic (exact) mass is 281 g/mol. The summed E-state index contributed by atoms with van der Waals surface area (Å²) >= 11 is 1.89. The van der Waals surface area contributed by atoms with Crippen LogP contribution in [0.25, 0.3) is 0 Å². The fourth-order valence-electron chi connectivity index (χ4n) is 3.12. The number of aryl methyl sites for hydroxylation is 1. The fraction of sp³-hybridized carbons (Fsp3) is 0.733. The van der Waals surface area contributed by atoms with Crippen molar-refractivity contribution in [2.45, 2.75) is 50.8 Å². The third-order valence-corrected chi connectivity index (χ3v) is 5.26. The average Bonchev–Trinajstić information content (AvgIpc) is 2.83. The quantitative estimate of drug-likeness (QED) is 0.924. The Morgan fingerprint density at radius 2 is 2.16 bits per heavy atom. The molecule has 1 spiro atoms. The molecule has 0 bridgehead atoms. The number of hydrogen-bond acceptors (Lipinski definition) is 4. The van der Waals surface area contributed by atoms with Crippen molar-refractivity contribution in [1.82, 2.24) is 5.32 Å². The summed E-state index contributed by atoms with van der Waals surface area (Å²) in [5.41, 5.74) is 0.0968. The molecule has 2 aliphatic heterocycles. The Balaban J connectivity index is 1.53. The van der Waals surface area contributed by atoms with E-state index in [0.29, 0.717) is 6.04 Å². The third-order valence-electron chi connectivity index (χ3n) is 4.26. The minimum absolute atomic E-state index is 0.0968. The summed E-state index contributed by atoms with van der Waals surface area (Å²) < 4.78 is 11.5. The molecule has 0 aliphatic carbocycles. The van der Waals surface area contributed by atoms with Crippen molar-refractivity contribution in [3.8, 4) is 0 Å². The maximum Gasteiger partial charge on any atom is 0.0741 e. The Morgan fingerprint density at radius 3 is 2.89 bits per heavy atom. The Kier molecular flexibility index (Phi) is 4.22. The van der Waals surface area contributed by atoms with Crippen molar-refractivity contribution >= 4 is 11.3 Å². The maximum absolute atomic E-state index is 6.08. The molecule has 1 atom stereocenters. The van der Waals surface area contributed by atoms with Gasteiger partial charge in [0, 0.05) is 42.2 Å². The van der Waals surface area contributed by atoms with E-state index in [4.69, 9.17) is 9.47 Å². The van der Waals surface area contributed by atoms with Gasteiger partial charge < -0.3 is 14.8 Å². The highest BCUT2D eigenvalue weighted by Crippen LogP contribution is 2.34. The van der Waals surface area contributed by atoms with Crippen LogP contribution in [0.1, 0.15) is 35.4 Å². The van der Waals surface area contributed by atoms with Gasteiger partial charge in [0.25, 0.3) is 0 Å². The lowest BCUT2D eigenvalue weighted by atomic mass is 9.84. The number of thiophene rings is 1. The molecule has 1 N–H and O–H groups in total. The van der Waals surface area contributed by atoms with Crippen LogP contribution in [0.4, 0.5) is 0 Å². The lowest BCUT2D eigenvalue weighted by molar-refractivity contribution is -0.140. The predicted molar refractivity (Wildman–Crippen MR) is 77.7 cm³/mol. The van der Waals surface area contributed by atoms with Crippen molar-refractivity contribution in [3.05, 3.63) is 21.9 Å². The lowest BCUT2D eigenvalue weighted by Gasteiger charge is -2.43. The SMILES string of the molecule is Cc1ccc(CNC2CCOC3(CCOCC3)C2)s1. The lowest BCUT2D eigenvalue weighted by Crippen LogP contribution is -2.49. The van der Waals surface area contributed by atoms with Gasteiger partial charge in [-0.15, -0.1) is 11.3 Å². The van der Waals surface area contributed by atoms with Gasteiger partial charge in [-0.05, 0) is 44.7 Å². The first-order valence-corrected chi connectivity index (χ1v) is 8.08. The molecule has 2 fully saturated rings. The highest BCUT2D eigenvalue weighted by molar-refractivity contribution is 7.11. The topological polar surface area (TPSA) is 30.5 Å². The zero-order chi connectivity index (χ0) is 13.1. The van der Waals surface area contributed by atoms with Crippen LogP contribution < -0.4 is 5.32 Å². The van der Waals surface area contributed by atoms with Gasteiger partial charge in [-0.3, -0.25) is 0 Å². The van der Waals surface area contributed by atoms with Crippen LogP contribution >= 0.6 is 11.3 Å². The molecular weight excluding hydrogens is 258 g/mol. The molecule has 0 radical (unpaired) electrons. The second-order valence-corrected chi connectivity index (χ2v) is 7.10. The smallest absolute Gasteiger partial charge is 0.0741 e. The molecule has 0 amide bonds. The molecule has 4 heteroatoms. The van der Waals surface area contributed by atoms with Crippen LogP contribution in [-0.2, 0) is 16.0 Å². The molecule has 3 rings (SSSR count). The highest BCUT2D eigenvalue weighted by Gasteiger charge is 2.38. The van der Waals surface area contributed by atoms with E-state index in [9.17, 15) is 0 Å². The Morgan fingerprint density at radius 1 is 1.32 bits per heavy atom. The van der Waals surface area contributed by atoms with Crippen molar-refractivity contribution < 1.29 is 9.47 Å². The minimum Gasteiger partial charge on any atom is -0.381 e. The molecule has 2 aliphatic rings. The van der Waals surface area contributed by atoms with Gasteiger partial charge in [-0.25, -0.2) is 0 Å². The van der Waals surface area contributed by atoms with Gasteiger partial charge in [-0.2, -0.15) is 0 Å². The van der Waals surface area contributed by atoms with E-state index in [-0.39, 0.29) is 5.60 Å². The zero-order valence-electron chi connectivity index (χ0n) is 11.6. The van der Waals surface area contributed by atoms with Crippen molar-refractivity contribution in [2.75, 3.05) is 19.8 Å². The molecule has 2 saturated heterocycles. The Bertz CT molecular complexity index is 407. The van der Waals surface area contributed by atoms with E-state index < -0.39 is 0 Å². The Labute approximate surface area is 119 Å². The molecule has 0 aromatic carbocycles. The van der Waals surface area contributed by atoms with Gasteiger partial charge in [0.2, 0.25) is 0 Å². The Hall–Kier alpha value is -0.420. The number of rotatable bonds is 3. The third kappa shape index (κ3) is 3.37. The summed E-state index contributed by atoms with van der Waals surface area (Å²) in [6.07, 6.45) is 4.39. The summed E-state index contributed by atoms with van der Waals surface area (Å²) in [5.74, 6) is 0.